The van der Waals surface area contributed by atoms with Crippen LogP contribution in [0.1, 0.15) is 13.8 Å². The first-order valence-corrected chi connectivity index (χ1v) is 4.65. The van der Waals surface area contributed by atoms with Crippen molar-refractivity contribution in [3.05, 3.63) is 0 Å². The molecule has 1 aliphatic heterocycles. The predicted molar refractivity (Wildman–Crippen MR) is 49.1 cm³/mol. The van der Waals surface area contributed by atoms with E-state index in [0.717, 1.165) is 19.6 Å². The molecule has 0 N–H and O–H groups in total. The Bertz CT molecular complexity index is 138. The van der Waals surface area contributed by atoms with Gasteiger partial charge in [-0.15, -0.1) is 0 Å². The predicted octanol–water partition coefficient (Wildman–Crippen LogP) is 0.980. The Hall–Kier alpha value is -0.150. The van der Waals surface area contributed by atoms with Crippen molar-refractivity contribution in [2.75, 3.05) is 33.4 Å². The SMILES string of the molecule is CC(C)N1CCN(C)C[C@H]1CF. The van der Waals surface area contributed by atoms with E-state index in [-0.39, 0.29) is 12.7 Å². The van der Waals surface area contributed by atoms with Gasteiger partial charge in [-0.1, -0.05) is 0 Å². The molecular weight excluding hydrogens is 155 g/mol. The molecule has 0 unspecified atom stereocenters. The Labute approximate surface area is 74.3 Å². The van der Waals surface area contributed by atoms with Gasteiger partial charge < -0.3 is 4.90 Å². The van der Waals surface area contributed by atoms with E-state index in [9.17, 15) is 4.39 Å². The summed E-state index contributed by atoms with van der Waals surface area (Å²) in [5.41, 5.74) is 0. The zero-order valence-electron chi connectivity index (χ0n) is 8.26. The van der Waals surface area contributed by atoms with E-state index < -0.39 is 0 Å². The van der Waals surface area contributed by atoms with Crippen molar-refractivity contribution >= 4 is 0 Å². The van der Waals surface area contributed by atoms with E-state index in [2.05, 4.69) is 30.7 Å². The van der Waals surface area contributed by atoms with Crippen LogP contribution in [0.2, 0.25) is 0 Å². The molecule has 1 heterocycles. The molecule has 0 spiro atoms. The topological polar surface area (TPSA) is 6.48 Å². The summed E-state index contributed by atoms with van der Waals surface area (Å²) in [7, 11) is 2.06. The molecule has 0 saturated carbocycles. The number of piperazine rings is 1. The van der Waals surface area contributed by atoms with Gasteiger partial charge in [0.1, 0.15) is 6.67 Å². The number of nitrogens with zero attached hydrogens (tertiary/aromatic N) is 2. The molecule has 0 aromatic rings. The number of hydrogen-bond acceptors (Lipinski definition) is 2. The Morgan fingerprint density at radius 3 is 2.58 bits per heavy atom. The summed E-state index contributed by atoms with van der Waals surface area (Å²) in [6, 6.07) is 0.586. The molecular formula is C9H19FN2. The second-order valence-electron chi connectivity index (χ2n) is 3.90. The second kappa shape index (κ2) is 4.19. The van der Waals surface area contributed by atoms with Crippen LogP contribution in [0.3, 0.4) is 0 Å². The zero-order chi connectivity index (χ0) is 9.14. The van der Waals surface area contributed by atoms with E-state index in [4.69, 9.17) is 0 Å². The summed E-state index contributed by atoms with van der Waals surface area (Å²) in [5, 5.41) is 0. The molecule has 0 aliphatic carbocycles. The highest BCUT2D eigenvalue weighted by Gasteiger charge is 2.26. The fraction of sp³-hybridized carbons (Fsp3) is 1.00. The third kappa shape index (κ3) is 2.17. The fourth-order valence-electron chi connectivity index (χ4n) is 1.84. The molecule has 0 radical (unpaired) electrons. The molecule has 0 aromatic heterocycles. The summed E-state index contributed by atoms with van der Waals surface area (Å²) in [6.07, 6.45) is 0. The van der Waals surface area contributed by atoms with Crippen LogP contribution in [-0.4, -0.2) is 55.2 Å². The van der Waals surface area contributed by atoms with Gasteiger partial charge in [0.2, 0.25) is 0 Å². The number of rotatable bonds is 2. The standard InChI is InChI=1S/C9H19FN2/c1-8(2)12-5-4-11(3)7-9(12)6-10/h8-9H,4-7H2,1-3H3/t9-/m1/s1. The van der Waals surface area contributed by atoms with E-state index in [1.165, 1.54) is 0 Å². The van der Waals surface area contributed by atoms with Gasteiger partial charge in [-0.3, -0.25) is 4.90 Å². The second-order valence-corrected chi connectivity index (χ2v) is 3.90. The Morgan fingerprint density at radius 1 is 1.42 bits per heavy atom. The summed E-state index contributed by atoms with van der Waals surface area (Å²) in [5.74, 6) is 0. The minimum absolute atomic E-state index is 0.115. The number of hydrogen-bond donors (Lipinski definition) is 0. The lowest BCUT2D eigenvalue weighted by Gasteiger charge is -2.41. The quantitative estimate of drug-likeness (QED) is 0.616. The number of alkyl halides is 1. The first-order chi connectivity index (χ1) is 5.65. The normalized spacial score (nSPS) is 28.2. The van der Waals surface area contributed by atoms with Crippen molar-refractivity contribution in [1.82, 2.24) is 9.80 Å². The van der Waals surface area contributed by atoms with Crippen molar-refractivity contribution in [1.29, 1.82) is 0 Å². The number of halogens is 1. The maximum Gasteiger partial charge on any atom is 0.106 e. The molecule has 1 saturated heterocycles. The van der Waals surface area contributed by atoms with Gasteiger partial charge in [0, 0.05) is 25.7 Å². The van der Waals surface area contributed by atoms with Gasteiger partial charge in [0.05, 0.1) is 6.04 Å². The largest absolute Gasteiger partial charge is 0.303 e. The first kappa shape index (κ1) is 9.93. The van der Waals surface area contributed by atoms with Crippen LogP contribution in [0, 0.1) is 0 Å². The third-order valence-electron chi connectivity index (χ3n) is 2.57. The molecule has 12 heavy (non-hydrogen) atoms. The maximum atomic E-state index is 12.6. The first-order valence-electron chi connectivity index (χ1n) is 4.65. The van der Waals surface area contributed by atoms with Crippen LogP contribution in [-0.2, 0) is 0 Å². The molecule has 1 aliphatic rings. The van der Waals surface area contributed by atoms with Crippen molar-refractivity contribution < 1.29 is 4.39 Å². The molecule has 1 atom stereocenters. The molecule has 72 valence electrons. The summed E-state index contributed by atoms with van der Waals surface area (Å²) >= 11 is 0. The van der Waals surface area contributed by atoms with Crippen LogP contribution in [0.4, 0.5) is 4.39 Å². The lowest BCUT2D eigenvalue weighted by Crippen LogP contribution is -2.55. The monoisotopic (exact) mass is 174 g/mol. The van der Waals surface area contributed by atoms with Crippen molar-refractivity contribution in [2.24, 2.45) is 0 Å². The lowest BCUT2D eigenvalue weighted by molar-refractivity contribution is 0.0502. The zero-order valence-corrected chi connectivity index (χ0v) is 8.26. The summed E-state index contributed by atoms with van der Waals surface area (Å²) < 4.78 is 12.6. The van der Waals surface area contributed by atoms with Gasteiger partial charge in [0.25, 0.3) is 0 Å². The molecule has 0 aromatic carbocycles. The Balaban J connectivity index is 2.50. The summed E-state index contributed by atoms with van der Waals surface area (Å²) in [4.78, 5) is 4.45. The third-order valence-corrected chi connectivity index (χ3v) is 2.57. The van der Waals surface area contributed by atoms with Gasteiger partial charge in [-0.25, -0.2) is 4.39 Å². The molecule has 0 amide bonds. The fourth-order valence-corrected chi connectivity index (χ4v) is 1.84. The average Bonchev–Trinajstić information content (AvgIpc) is 2.03. The van der Waals surface area contributed by atoms with Gasteiger partial charge in [-0.2, -0.15) is 0 Å². The molecule has 2 nitrogen and oxygen atoms in total. The van der Waals surface area contributed by atoms with Gasteiger partial charge in [0.15, 0.2) is 0 Å². The Morgan fingerprint density at radius 2 is 2.08 bits per heavy atom. The molecule has 3 heteroatoms. The van der Waals surface area contributed by atoms with E-state index >= 15 is 0 Å². The Kier molecular flexibility index (Phi) is 3.47. The summed E-state index contributed by atoms with van der Waals surface area (Å²) in [6.45, 7) is 6.98. The van der Waals surface area contributed by atoms with Crippen LogP contribution in [0.25, 0.3) is 0 Å². The van der Waals surface area contributed by atoms with Gasteiger partial charge >= 0.3 is 0 Å². The van der Waals surface area contributed by atoms with Crippen LogP contribution >= 0.6 is 0 Å². The molecule has 1 fully saturated rings. The molecule has 1 rings (SSSR count). The highest BCUT2D eigenvalue weighted by Crippen LogP contribution is 2.12. The highest BCUT2D eigenvalue weighted by molar-refractivity contribution is 4.82. The maximum absolute atomic E-state index is 12.6. The smallest absolute Gasteiger partial charge is 0.106 e. The van der Waals surface area contributed by atoms with Crippen molar-refractivity contribution in [3.63, 3.8) is 0 Å². The minimum atomic E-state index is -0.220. The van der Waals surface area contributed by atoms with E-state index in [1.54, 1.807) is 0 Å². The minimum Gasteiger partial charge on any atom is -0.303 e. The molecule has 0 bridgehead atoms. The average molecular weight is 174 g/mol. The van der Waals surface area contributed by atoms with Crippen LogP contribution < -0.4 is 0 Å². The lowest BCUT2D eigenvalue weighted by atomic mass is 10.1. The van der Waals surface area contributed by atoms with Crippen LogP contribution in [0.15, 0.2) is 0 Å². The number of likely N-dealkylation sites (N-methyl/N-ethyl adjacent to an activating group) is 1. The van der Waals surface area contributed by atoms with Gasteiger partial charge in [-0.05, 0) is 20.9 Å². The van der Waals surface area contributed by atoms with Crippen LogP contribution in [0.5, 0.6) is 0 Å². The van der Waals surface area contributed by atoms with E-state index in [0.29, 0.717) is 6.04 Å². The highest BCUT2D eigenvalue weighted by atomic mass is 19.1. The van der Waals surface area contributed by atoms with E-state index in [1.807, 2.05) is 0 Å². The van der Waals surface area contributed by atoms with Crippen molar-refractivity contribution in [3.8, 4) is 0 Å². The van der Waals surface area contributed by atoms with Crippen molar-refractivity contribution in [2.45, 2.75) is 25.9 Å².